The maximum atomic E-state index is 13.5. The molecule has 194 valence electrons. The lowest BCUT2D eigenvalue weighted by molar-refractivity contribution is 0.0932. The molecule has 38 heavy (non-hydrogen) atoms. The molecule has 1 aromatic heterocycles. The molecule has 6 rings (SSSR count). The molecule has 0 spiro atoms. The van der Waals surface area contributed by atoms with Crippen LogP contribution >= 0.6 is 0 Å². The Morgan fingerprint density at radius 1 is 1.08 bits per heavy atom. The first-order valence-corrected chi connectivity index (χ1v) is 13.2. The van der Waals surface area contributed by atoms with Gasteiger partial charge in [0.2, 0.25) is 5.78 Å². The van der Waals surface area contributed by atoms with Crippen LogP contribution in [-0.4, -0.2) is 35.6 Å². The largest absolute Gasteiger partial charge is 0.497 e. The third-order valence-corrected chi connectivity index (χ3v) is 7.53. The molecule has 0 bridgehead atoms. The molecule has 0 saturated carbocycles. The number of carbonyl (C=O) groups excluding carboxylic acids is 1. The van der Waals surface area contributed by atoms with Crippen molar-refractivity contribution in [2.75, 3.05) is 20.4 Å². The highest BCUT2D eigenvalue weighted by Gasteiger charge is 2.33. The van der Waals surface area contributed by atoms with E-state index in [-0.39, 0.29) is 5.78 Å². The smallest absolute Gasteiger partial charge is 0.231 e. The van der Waals surface area contributed by atoms with Crippen LogP contribution in [0.5, 0.6) is 17.2 Å². The first-order valence-electron chi connectivity index (χ1n) is 13.2. The summed E-state index contributed by atoms with van der Waals surface area (Å²) < 4.78 is 20.0. The third-order valence-electron chi connectivity index (χ3n) is 7.53. The lowest BCUT2D eigenvalue weighted by Gasteiger charge is -2.30. The number of Topliss-reactive ketones (excluding diaryl/α,β-unsaturated/α-hetero) is 1. The number of benzene rings is 3. The molecule has 2 aliphatic heterocycles. The Kier molecular flexibility index (Phi) is 6.42. The number of ether oxygens (including phenoxy) is 3. The van der Waals surface area contributed by atoms with Gasteiger partial charge in [-0.05, 0) is 62.6 Å². The first-order chi connectivity index (χ1) is 18.6. The van der Waals surface area contributed by atoms with E-state index >= 15 is 0 Å². The summed E-state index contributed by atoms with van der Waals surface area (Å²) in [6.07, 6.45) is 6.00. The second-order valence-electron chi connectivity index (χ2n) is 9.97. The van der Waals surface area contributed by atoms with Crippen molar-refractivity contribution in [2.24, 2.45) is 0 Å². The van der Waals surface area contributed by atoms with Crippen LogP contribution in [0.25, 0.3) is 17.0 Å². The van der Waals surface area contributed by atoms with Gasteiger partial charge in [-0.1, -0.05) is 30.3 Å². The van der Waals surface area contributed by atoms with Gasteiger partial charge in [0.15, 0.2) is 5.76 Å². The molecule has 0 aliphatic carbocycles. The highest BCUT2D eigenvalue weighted by atomic mass is 16.5. The standard InChI is InChI=1S/C32H32N2O4/c1-4-34-19-23(26-17-25(36-3)12-13-28(26)34)16-29-30(35)27-15-24-18-33(14-8-11-22-9-6-5-7-10-22)20-37-31(24)21(2)32(27)38-29/h5-7,9-10,12-13,15-17,19H,4,8,11,14,18,20H2,1-3H3/b29-16-. The van der Waals surface area contributed by atoms with Crippen molar-refractivity contribution >= 4 is 22.8 Å². The molecule has 0 radical (unpaired) electrons. The summed E-state index contributed by atoms with van der Waals surface area (Å²) in [4.78, 5) is 15.8. The maximum Gasteiger partial charge on any atom is 0.231 e. The fraction of sp³-hybridized carbons (Fsp3) is 0.281. The van der Waals surface area contributed by atoms with Crippen molar-refractivity contribution in [3.05, 3.63) is 94.4 Å². The Morgan fingerprint density at radius 2 is 1.92 bits per heavy atom. The number of rotatable bonds is 7. The Labute approximate surface area is 223 Å². The van der Waals surface area contributed by atoms with Crippen LogP contribution in [0.3, 0.4) is 0 Å². The number of aromatic nitrogens is 1. The van der Waals surface area contributed by atoms with E-state index in [2.05, 4.69) is 46.9 Å². The zero-order valence-electron chi connectivity index (χ0n) is 22.1. The Hall–Kier alpha value is -4.03. The minimum Gasteiger partial charge on any atom is -0.497 e. The van der Waals surface area contributed by atoms with Crippen LogP contribution in [0, 0.1) is 6.92 Å². The van der Waals surface area contributed by atoms with E-state index in [1.165, 1.54) is 5.56 Å². The quantitative estimate of drug-likeness (QED) is 0.271. The molecule has 0 amide bonds. The molecule has 6 heteroatoms. The van der Waals surface area contributed by atoms with E-state index in [1.54, 1.807) is 7.11 Å². The summed E-state index contributed by atoms with van der Waals surface area (Å²) >= 11 is 0. The summed E-state index contributed by atoms with van der Waals surface area (Å²) in [7, 11) is 1.66. The van der Waals surface area contributed by atoms with E-state index in [9.17, 15) is 4.79 Å². The van der Waals surface area contributed by atoms with Gasteiger partial charge in [0.25, 0.3) is 0 Å². The molecule has 4 aromatic rings. The molecule has 3 aromatic carbocycles. The van der Waals surface area contributed by atoms with Gasteiger partial charge in [-0.3, -0.25) is 9.69 Å². The predicted molar refractivity (Wildman–Crippen MR) is 149 cm³/mol. The topological polar surface area (TPSA) is 52.9 Å². The second-order valence-corrected chi connectivity index (χ2v) is 9.97. The molecule has 6 nitrogen and oxygen atoms in total. The highest BCUT2D eigenvalue weighted by molar-refractivity contribution is 6.15. The van der Waals surface area contributed by atoms with Gasteiger partial charge < -0.3 is 18.8 Å². The number of hydrogen-bond donors (Lipinski definition) is 0. The summed E-state index contributed by atoms with van der Waals surface area (Å²) in [5, 5.41) is 1.02. The third kappa shape index (κ3) is 4.35. The average Bonchev–Trinajstić information content (AvgIpc) is 3.46. The Morgan fingerprint density at radius 3 is 2.71 bits per heavy atom. The lowest BCUT2D eigenvalue weighted by atomic mass is 9.99. The second kappa shape index (κ2) is 10.0. The number of ketones is 1. The van der Waals surface area contributed by atoms with Crippen LogP contribution in [0.2, 0.25) is 0 Å². The maximum absolute atomic E-state index is 13.5. The number of aryl methyl sites for hydroxylation is 2. The minimum atomic E-state index is -0.0904. The SMILES string of the molecule is CCn1cc(/C=C2\Oc3c(cc4c(c3C)OCN(CCCc3ccccc3)C4)C2=O)c2cc(OC)ccc21. The Balaban J connectivity index is 1.24. The van der Waals surface area contributed by atoms with E-state index in [0.29, 0.717) is 23.8 Å². The van der Waals surface area contributed by atoms with Crippen LogP contribution < -0.4 is 14.2 Å². The number of hydrogen-bond acceptors (Lipinski definition) is 5. The fourth-order valence-electron chi connectivity index (χ4n) is 5.54. The number of carbonyl (C=O) groups is 1. The molecular formula is C32H32N2O4. The van der Waals surface area contributed by atoms with Crippen LogP contribution in [0.4, 0.5) is 0 Å². The van der Waals surface area contributed by atoms with E-state index in [0.717, 1.165) is 71.6 Å². The average molecular weight is 509 g/mol. The van der Waals surface area contributed by atoms with Gasteiger partial charge in [0.1, 0.15) is 24.0 Å². The van der Waals surface area contributed by atoms with Gasteiger partial charge in [-0.2, -0.15) is 0 Å². The van der Waals surface area contributed by atoms with Crippen molar-refractivity contribution in [2.45, 2.75) is 39.8 Å². The predicted octanol–water partition coefficient (Wildman–Crippen LogP) is 6.38. The Bertz CT molecular complexity index is 1550. The summed E-state index contributed by atoms with van der Waals surface area (Å²) in [5.41, 5.74) is 5.91. The number of methoxy groups -OCH3 is 1. The fourth-order valence-corrected chi connectivity index (χ4v) is 5.54. The number of fused-ring (bicyclic) bond motifs is 3. The molecule has 0 fully saturated rings. The summed E-state index contributed by atoms with van der Waals surface area (Å²) in [5.74, 6) is 2.47. The van der Waals surface area contributed by atoms with Crippen molar-refractivity contribution in [1.29, 1.82) is 0 Å². The summed E-state index contributed by atoms with van der Waals surface area (Å²) in [6.45, 7) is 7.14. The van der Waals surface area contributed by atoms with Crippen molar-refractivity contribution in [3.63, 3.8) is 0 Å². The van der Waals surface area contributed by atoms with Crippen LogP contribution in [-0.2, 0) is 19.5 Å². The zero-order chi connectivity index (χ0) is 26.2. The first kappa shape index (κ1) is 24.3. The van der Waals surface area contributed by atoms with E-state index in [1.807, 2.05) is 43.3 Å². The molecule has 0 unspecified atom stereocenters. The van der Waals surface area contributed by atoms with Gasteiger partial charge in [0, 0.05) is 53.4 Å². The molecule has 3 heterocycles. The highest BCUT2D eigenvalue weighted by Crippen LogP contribution is 2.43. The minimum absolute atomic E-state index is 0.0904. The van der Waals surface area contributed by atoms with Crippen molar-refractivity contribution in [1.82, 2.24) is 9.47 Å². The number of nitrogens with zero attached hydrogens (tertiary/aromatic N) is 2. The normalized spacial score (nSPS) is 15.9. The lowest BCUT2D eigenvalue weighted by Crippen LogP contribution is -2.33. The molecular weight excluding hydrogens is 476 g/mol. The molecule has 0 saturated heterocycles. The van der Waals surface area contributed by atoms with Gasteiger partial charge in [0.05, 0.1) is 12.7 Å². The van der Waals surface area contributed by atoms with E-state index in [4.69, 9.17) is 14.2 Å². The zero-order valence-corrected chi connectivity index (χ0v) is 22.1. The summed E-state index contributed by atoms with van der Waals surface area (Å²) in [6, 6.07) is 18.5. The van der Waals surface area contributed by atoms with Crippen molar-refractivity contribution < 1.29 is 19.0 Å². The van der Waals surface area contributed by atoms with Gasteiger partial charge >= 0.3 is 0 Å². The molecule has 0 N–H and O–H groups in total. The molecule has 0 atom stereocenters. The van der Waals surface area contributed by atoms with Gasteiger partial charge in [-0.15, -0.1) is 0 Å². The number of allylic oxidation sites excluding steroid dienone is 1. The van der Waals surface area contributed by atoms with Crippen LogP contribution in [0.15, 0.2) is 66.6 Å². The van der Waals surface area contributed by atoms with Crippen LogP contribution in [0.1, 0.15) is 46.0 Å². The van der Waals surface area contributed by atoms with E-state index < -0.39 is 0 Å². The monoisotopic (exact) mass is 508 g/mol. The molecule has 2 aliphatic rings. The van der Waals surface area contributed by atoms with Crippen molar-refractivity contribution in [3.8, 4) is 17.2 Å². The van der Waals surface area contributed by atoms with Gasteiger partial charge in [-0.25, -0.2) is 0 Å².